The van der Waals surface area contributed by atoms with Gasteiger partial charge in [0.15, 0.2) is 0 Å². The van der Waals surface area contributed by atoms with E-state index in [0.717, 1.165) is 0 Å². The highest BCUT2D eigenvalue weighted by Gasteiger charge is 2.08. The first-order valence-electron chi connectivity index (χ1n) is 3.49. The molecule has 0 saturated carbocycles. The summed E-state index contributed by atoms with van der Waals surface area (Å²) in [5.41, 5.74) is 4.45. The molecule has 0 saturated heterocycles. The molecule has 74 valence electrons. The molecule has 0 rings (SSSR count). The molecule has 2 N–H and O–H groups in total. The molecule has 0 fully saturated rings. The standard InChI is InChI=1S/C6H10N2O3S2/c1-2-11-5(10)3-4(9)7-8-6(12)13/h2-3H2,1H3,(H,7,9)(H2,8,12,13). The van der Waals surface area contributed by atoms with Crippen LogP contribution in [0.2, 0.25) is 0 Å². The van der Waals surface area contributed by atoms with Crippen LogP contribution in [-0.2, 0) is 14.3 Å². The minimum Gasteiger partial charge on any atom is -0.466 e. The predicted molar refractivity (Wildman–Crippen MR) is 54.1 cm³/mol. The third-order valence-corrected chi connectivity index (χ3v) is 1.13. The van der Waals surface area contributed by atoms with Gasteiger partial charge in [-0.25, -0.2) is 0 Å². The van der Waals surface area contributed by atoms with Crippen LogP contribution in [0, 0.1) is 0 Å². The third kappa shape index (κ3) is 7.54. The highest BCUT2D eigenvalue weighted by atomic mass is 32.1. The average Bonchev–Trinajstić information content (AvgIpc) is 2.01. The van der Waals surface area contributed by atoms with E-state index in [2.05, 4.69) is 40.4 Å². The molecule has 0 aliphatic rings. The Hall–Kier alpha value is -0.820. The van der Waals surface area contributed by atoms with E-state index in [1.807, 2.05) is 0 Å². The summed E-state index contributed by atoms with van der Waals surface area (Å²) in [6.07, 6.45) is -0.336. The normalized spacial score (nSPS) is 8.77. The van der Waals surface area contributed by atoms with Crippen LogP contribution in [0.3, 0.4) is 0 Å². The Labute approximate surface area is 86.6 Å². The molecular formula is C6H10N2O3S2. The van der Waals surface area contributed by atoms with Gasteiger partial charge in [-0.2, -0.15) is 0 Å². The summed E-state index contributed by atoms with van der Waals surface area (Å²) in [5, 5.41) is 0. The van der Waals surface area contributed by atoms with Crippen molar-refractivity contribution in [3.8, 4) is 0 Å². The molecule has 13 heavy (non-hydrogen) atoms. The zero-order valence-electron chi connectivity index (χ0n) is 6.99. The largest absolute Gasteiger partial charge is 0.466 e. The number of amides is 1. The first-order chi connectivity index (χ1) is 6.06. The van der Waals surface area contributed by atoms with Crippen molar-refractivity contribution >= 4 is 41.0 Å². The van der Waals surface area contributed by atoms with Gasteiger partial charge in [0, 0.05) is 0 Å². The van der Waals surface area contributed by atoms with Crippen LogP contribution in [0.25, 0.3) is 0 Å². The fourth-order valence-electron chi connectivity index (χ4n) is 0.510. The van der Waals surface area contributed by atoms with Gasteiger partial charge in [-0.1, -0.05) is 12.2 Å². The molecule has 0 radical (unpaired) electrons. The van der Waals surface area contributed by atoms with Gasteiger partial charge in [-0.05, 0) is 6.92 Å². The zero-order chi connectivity index (χ0) is 10.3. The van der Waals surface area contributed by atoms with E-state index in [4.69, 9.17) is 0 Å². The van der Waals surface area contributed by atoms with Gasteiger partial charge in [0.2, 0.25) is 5.91 Å². The monoisotopic (exact) mass is 222 g/mol. The van der Waals surface area contributed by atoms with E-state index in [1.54, 1.807) is 6.92 Å². The van der Waals surface area contributed by atoms with Gasteiger partial charge in [0.1, 0.15) is 10.7 Å². The molecule has 0 aromatic rings. The molecule has 0 aliphatic heterocycles. The lowest BCUT2D eigenvalue weighted by molar-refractivity contribution is -0.146. The SMILES string of the molecule is CCOC(=O)CC(=O)NNC(=S)S. The average molecular weight is 222 g/mol. The van der Waals surface area contributed by atoms with Crippen LogP contribution in [0.5, 0.6) is 0 Å². The molecule has 0 unspecified atom stereocenters. The van der Waals surface area contributed by atoms with Crippen molar-refractivity contribution in [2.75, 3.05) is 6.61 Å². The third-order valence-electron chi connectivity index (χ3n) is 0.919. The van der Waals surface area contributed by atoms with Gasteiger partial charge >= 0.3 is 5.97 Å². The Bertz CT molecular complexity index is 220. The maximum absolute atomic E-state index is 10.9. The molecule has 0 aliphatic carbocycles. The number of rotatable bonds is 3. The minimum absolute atomic E-state index is 0.122. The first-order valence-corrected chi connectivity index (χ1v) is 4.35. The van der Waals surface area contributed by atoms with Crippen molar-refractivity contribution < 1.29 is 14.3 Å². The summed E-state index contributed by atoms with van der Waals surface area (Å²) in [6, 6.07) is 0. The summed E-state index contributed by atoms with van der Waals surface area (Å²) in [5.74, 6) is -1.10. The van der Waals surface area contributed by atoms with Gasteiger partial charge in [-0.3, -0.25) is 20.4 Å². The Morgan fingerprint density at radius 3 is 2.54 bits per heavy atom. The topological polar surface area (TPSA) is 67.4 Å². The fraction of sp³-hybridized carbons (Fsp3) is 0.500. The molecule has 1 amide bonds. The number of carbonyl (C=O) groups is 2. The first kappa shape index (κ1) is 12.2. The lowest BCUT2D eigenvalue weighted by atomic mass is 10.4. The maximum atomic E-state index is 10.9. The number of hydrazine groups is 1. The molecule has 0 bridgehead atoms. The lowest BCUT2D eigenvalue weighted by Crippen LogP contribution is -2.39. The van der Waals surface area contributed by atoms with Crippen LogP contribution in [0.4, 0.5) is 0 Å². The number of thiol groups is 1. The number of ether oxygens (including phenoxy) is 1. The Balaban J connectivity index is 3.62. The lowest BCUT2D eigenvalue weighted by Gasteiger charge is -2.05. The van der Waals surface area contributed by atoms with Crippen molar-refractivity contribution in [2.45, 2.75) is 13.3 Å². The number of hydrogen-bond acceptors (Lipinski definition) is 4. The fourth-order valence-corrected chi connectivity index (χ4v) is 0.617. The molecular weight excluding hydrogens is 212 g/mol. The molecule has 0 spiro atoms. The minimum atomic E-state index is -0.577. The maximum Gasteiger partial charge on any atom is 0.315 e. The molecule has 5 nitrogen and oxygen atoms in total. The van der Waals surface area contributed by atoms with Crippen LogP contribution < -0.4 is 10.9 Å². The number of esters is 1. The van der Waals surface area contributed by atoms with Gasteiger partial charge in [0.25, 0.3) is 0 Å². The quantitative estimate of drug-likeness (QED) is 0.202. The van der Waals surface area contributed by atoms with Crippen molar-refractivity contribution in [1.29, 1.82) is 0 Å². The summed E-state index contributed by atoms with van der Waals surface area (Å²) in [6.45, 7) is 1.92. The molecule has 0 aromatic carbocycles. The van der Waals surface area contributed by atoms with E-state index in [1.165, 1.54) is 0 Å². The Morgan fingerprint density at radius 1 is 1.46 bits per heavy atom. The van der Waals surface area contributed by atoms with E-state index < -0.39 is 11.9 Å². The van der Waals surface area contributed by atoms with Gasteiger partial charge in [-0.15, -0.1) is 12.6 Å². The number of carbonyl (C=O) groups excluding carboxylic acids is 2. The highest BCUT2D eigenvalue weighted by Crippen LogP contribution is 1.85. The molecule has 7 heteroatoms. The summed E-state index contributed by atoms with van der Waals surface area (Å²) in [7, 11) is 0. The van der Waals surface area contributed by atoms with Crippen LogP contribution in [0.15, 0.2) is 0 Å². The number of hydrogen-bond donors (Lipinski definition) is 3. The number of nitrogens with one attached hydrogen (secondary N) is 2. The predicted octanol–water partition coefficient (Wildman–Crippen LogP) is -0.225. The van der Waals surface area contributed by atoms with E-state index in [9.17, 15) is 9.59 Å². The van der Waals surface area contributed by atoms with Crippen LogP contribution in [-0.4, -0.2) is 22.8 Å². The van der Waals surface area contributed by atoms with Crippen LogP contribution >= 0.6 is 24.8 Å². The molecule has 0 atom stereocenters. The molecule has 0 heterocycles. The van der Waals surface area contributed by atoms with E-state index in [-0.39, 0.29) is 17.3 Å². The second-order valence-corrected chi connectivity index (χ2v) is 3.12. The second kappa shape index (κ2) is 6.67. The van der Waals surface area contributed by atoms with Gasteiger partial charge < -0.3 is 4.74 Å². The van der Waals surface area contributed by atoms with Crippen molar-refractivity contribution in [2.24, 2.45) is 0 Å². The summed E-state index contributed by atoms with van der Waals surface area (Å²) < 4.78 is 4.66. The molecule has 0 aromatic heterocycles. The Morgan fingerprint density at radius 2 is 2.08 bits per heavy atom. The number of thiocarbonyl (C=S) groups is 1. The van der Waals surface area contributed by atoms with Crippen molar-refractivity contribution in [1.82, 2.24) is 10.9 Å². The highest BCUT2D eigenvalue weighted by molar-refractivity contribution is 8.11. The van der Waals surface area contributed by atoms with Crippen molar-refractivity contribution in [3.63, 3.8) is 0 Å². The smallest absolute Gasteiger partial charge is 0.315 e. The van der Waals surface area contributed by atoms with Crippen LogP contribution in [0.1, 0.15) is 13.3 Å². The summed E-state index contributed by atoms with van der Waals surface area (Å²) in [4.78, 5) is 21.6. The van der Waals surface area contributed by atoms with Gasteiger partial charge in [0.05, 0.1) is 6.61 Å². The van der Waals surface area contributed by atoms with E-state index in [0.29, 0.717) is 0 Å². The Kier molecular flexibility index (Phi) is 6.25. The second-order valence-electron chi connectivity index (χ2n) is 1.96. The summed E-state index contributed by atoms with van der Waals surface area (Å²) >= 11 is 8.20. The zero-order valence-corrected chi connectivity index (χ0v) is 8.71. The van der Waals surface area contributed by atoms with Crippen molar-refractivity contribution in [3.05, 3.63) is 0 Å². The van der Waals surface area contributed by atoms with E-state index >= 15 is 0 Å².